The molecule has 3 rings (SSSR count). The number of amides is 1. The molecule has 1 N–H and O–H groups in total. The first kappa shape index (κ1) is 17.5. The normalized spacial score (nSPS) is 10.4. The van der Waals surface area contributed by atoms with E-state index in [0.29, 0.717) is 27.8 Å². The maximum absolute atomic E-state index is 12.3. The van der Waals surface area contributed by atoms with Crippen LogP contribution in [0.3, 0.4) is 0 Å². The van der Waals surface area contributed by atoms with Gasteiger partial charge in [-0.25, -0.2) is 0 Å². The first-order valence-electron chi connectivity index (χ1n) is 7.47. The molecule has 0 atom stereocenters. The van der Waals surface area contributed by atoms with Crippen molar-refractivity contribution in [1.29, 1.82) is 0 Å². The predicted octanol–water partition coefficient (Wildman–Crippen LogP) is 4.77. The summed E-state index contributed by atoms with van der Waals surface area (Å²) in [5.41, 5.74) is 0.928. The Balaban J connectivity index is 1.79. The molecule has 3 aromatic rings. The Morgan fingerprint density at radius 3 is 2.69 bits per heavy atom. The van der Waals surface area contributed by atoms with Crippen molar-refractivity contribution in [2.45, 2.75) is 0 Å². The molecule has 1 amide bonds. The number of methoxy groups -OCH3 is 1. The highest BCUT2D eigenvalue weighted by Gasteiger charge is 2.15. The Hall–Kier alpha value is -3.32. The van der Waals surface area contributed by atoms with Crippen molar-refractivity contribution in [3.63, 3.8) is 0 Å². The van der Waals surface area contributed by atoms with Crippen LogP contribution in [0, 0.1) is 10.1 Å². The number of halogens is 1. The molecule has 0 saturated heterocycles. The van der Waals surface area contributed by atoms with E-state index >= 15 is 0 Å². The summed E-state index contributed by atoms with van der Waals surface area (Å²) < 4.78 is 10.6. The lowest BCUT2D eigenvalue weighted by Crippen LogP contribution is -2.10. The van der Waals surface area contributed by atoms with E-state index in [1.54, 1.807) is 36.4 Å². The van der Waals surface area contributed by atoms with Gasteiger partial charge in [0.15, 0.2) is 5.76 Å². The number of ether oxygens (including phenoxy) is 1. The summed E-state index contributed by atoms with van der Waals surface area (Å²) in [6.07, 6.45) is 0. The van der Waals surface area contributed by atoms with Crippen molar-refractivity contribution >= 4 is 28.9 Å². The predicted molar refractivity (Wildman–Crippen MR) is 96.8 cm³/mol. The second kappa shape index (κ2) is 7.28. The standard InChI is InChI=1S/C18H13ClN2O5/c1-25-16-6-5-12(10-14(16)19)20-18(22)17-8-7-15(26-17)11-3-2-4-13(9-11)21(23)24/h2-10H,1H3,(H,20,22). The van der Waals surface area contributed by atoms with E-state index in [-0.39, 0.29) is 11.4 Å². The van der Waals surface area contributed by atoms with E-state index in [0.717, 1.165) is 0 Å². The van der Waals surface area contributed by atoms with Gasteiger partial charge in [-0.3, -0.25) is 14.9 Å². The molecule has 0 aliphatic rings. The lowest BCUT2D eigenvalue weighted by molar-refractivity contribution is -0.384. The third kappa shape index (κ3) is 3.68. The highest BCUT2D eigenvalue weighted by Crippen LogP contribution is 2.28. The quantitative estimate of drug-likeness (QED) is 0.514. The van der Waals surface area contributed by atoms with Crippen LogP contribution in [0.15, 0.2) is 59.0 Å². The number of rotatable bonds is 5. The highest BCUT2D eigenvalue weighted by molar-refractivity contribution is 6.32. The van der Waals surface area contributed by atoms with Crippen molar-refractivity contribution < 1.29 is 18.9 Å². The van der Waals surface area contributed by atoms with Crippen LogP contribution >= 0.6 is 11.6 Å². The van der Waals surface area contributed by atoms with Crippen molar-refractivity contribution in [1.82, 2.24) is 0 Å². The summed E-state index contributed by atoms with van der Waals surface area (Å²) >= 11 is 6.03. The molecule has 0 spiro atoms. The number of hydrogen-bond acceptors (Lipinski definition) is 5. The number of non-ortho nitro benzene ring substituents is 1. The molecule has 132 valence electrons. The first-order valence-corrected chi connectivity index (χ1v) is 7.85. The third-order valence-corrected chi connectivity index (χ3v) is 3.88. The summed E-state index contributed by atoms with van der Waals surface area (Å²) in [6, 6.07) is 13.9. The Morgan fingerprint density at radius 2 is 2.00 bits per heavy atom. The molecule has 0 fully saturated rings. The summed E-state index contributed by atoms with van der Waals surface area (Å²) in [5.74, 6) is 0.448. The van der Waals surface area contributed by atoms with E-state index in [2.05, 4.69) is 5.32 Å². The molecular formula is C18H13ClN2O5. The average Bonchev–Trinajstić information content (AvgIpc) is 3.12. The second-order valence-electron chi connectivity index (χ2n) is 5.27. The number of benzene rings is 2. The Morgan fingerprint density at radius 1 is 1.19 bits per heavy atom. The van der Waals surface area contributed by atoms with Crippen LogP contribution in [-0.2, 0) is 0 Å². The minimum absolute atomic E-state index is 0.0576. The second-order valence-corrected chi connectivity index (χ2v) is 5.68. The maximum atomic E-state index is 12.3. The van der Waals surface area contributed by atoms with Gasteiger partial charge < -0.3 is 14.5 Å². The lowest BCUT2D eigenvalue weighted by Gasteiger charge is -2.07. The molecule has 0 saturated carbocycles. The lowest BCUT2D eigenvalue weighted by atomic mass is 10.1. The van der Waals surface area contributed by atoms with Gasteiger partial charge >= 0.3 is 0 Å². The van der Waals surface area contributed by atoms with E-state index in [9.17, 15) is 14.9 Å². The number of carbonyl (C=O) groups is 1. The number of carbonyl (C=O) groups excluding carboxylic acids is 1. The molecule has 0 bridgehead atoms. The van der Waals surface area contributed by atoms with Gasteiger partial charge in [-0.1, -0.05) is 23.7 Å². The summed E-state index contributed by atoms with van der Waals surface area (Å²) in [7, 11) is 1.50. The highest BCUT2D eigenvalue weighted by atomic mass is 35.5. The van der Waals surface area contributed by atoms with Gasteiger partial charge in [0.2, 0.25) is 0 Å². The van der Waals surface area contributed by atoms with Gasteiger partial charge in [0.05, 0.1) is 17.1 Å². The fraction of sp³-hybridized carbons (Fsp3) is 0.0556. The third-order valence-electron chi connectivity index (χ3n) is 3.58. The van der Waals surface area contributed by atoms with Crippen molar-refractivity contribution in [2.24, 2.45) is 0 Å². The molecular weight excluding hydrogens is 360 g/mol. The molecule has 1 aromatic heterocycles. The Kier molecular flexibility index (Phi) is 4.90. The van der Waals surface area contributed by atoms with Crippen LogP contribution < -0.4 is 10.1 Å². The van der Waals surface area contributed by atoms with Crippen LogP contribution in [0.25, 0.3) is 11.3 Å². The van der Waals surface area contributed by atoms with Gasteiger partial charge in [-0.2, -0.15) is 0 Å². The number of anilines is 1. The van der Waals surface area contributed by atoms with Gasteiger partial charge in [0, 0.05) is 23.4 Å². The van der Waals surface area contributed by atoms with Crippen LogP contribution in [0.5, 0.6) is 5.75 Å². The number of furan rings is 1. The largest absolute Gasteiger partial charge is 0.495 e. The Labute approximate surface area is 153 Å². The number of hydrogen-bond donors (Lipinski definition) is 1. The topological polar surface area (TPSA) is 94.6 Å². The molecule has 7 nitrogen and oxygen atoms in total. The van der Waals surface area contributed by atoms with E-state index in [1.165, 1.54) is 25.3 Å². The van der Waals surface area contributed by atoms with Crippen molar-refractivity contribution in [2.75, 3.05) is 12.4 Å². The Bertz CT molecular complexity index is 983. The molecule has 2 aromatic carbocycles. The number of nitrogens with zero attached hydrogens (tertiary/aromatic N) is 1. The van der Waals surface area contributed by atoms with Gasteiger partial charge in [0.1, 0.15) is 11.5 Å². The van der Waals surface area contributed by atoms with E-state index in [4.69, 9.17) is 20.8 Å². The molecule has 0 aliphatic heterocycles. The SMILES string of the molecule is COc1ccc(NC(=O)c2ccc(-c3cccc([N+](=O)[O-])c3)o2)cc1Cl. The van der Waals surface area contributed by atoms with Crippen molar-refractivity contribution in [3.8, 4) is 17.1 Å². The molecule has 0 unspecified atom stereocenters. The fourth-order valence-electron chi connectivity index (χ4n) is 2.32. The summed E-state index contributed by atoms with van der Waals surface area (Å²) in [5, 5.41) is 13.9. The van der Waals surface area contributed by atoms with E-state index < -0.39 is 10.8 Å². The van der Waals surface area contributed by atoms with Gasteiger partial charge in [-0.15, -0.1) is 0 Å². The van der Waals surface area contributed by atoms with Crippen LogP contribution in [-0.4, -0.2) is 17.9 Å². The van der Waals surface area contributed by atoms with E-state index in [1.807, 2.05) is 0 Å². The average molecular weight is 373 g/mol. The molecule has 0 radical (unpaired) electrons. The molecule has 26 heavy (non-hydrogen) atoms. The molecule has 1 heterocycles. The number of nitro benzene ring substituents is 1. The first-order chi connectivity index (χ1) is 12.5. The monoisotopic (exact) mass is 372 g/mol. The fourth-order valence-corrected chi connectivity index (χ4v) is 2.58. The number of nitrogens with one attached hydrogen (secondary N) is 1. The van der Waals surface area contributed by atoms with Gasteiger partial charge in [0.25, 0.3) is 11.6 Å². The zero-order valence-electron chi connectivity index (χ0n) is 13.6. The smallest absolute Gasteiger partial charge is 0.291 e. The van der Waals surface area contributed by atoms with Crippen LogP contribution in [0.4, 0.5) is 11.4 Å². The van der Waals surface area contributed by atoms with Crippen molar-refractivity contribution in [3.05, 3.63) is 75.5 Å². The minimum atomic E-state index is -0.493. The summed E-state index contributed by atoms with van der Waals surface area (Å²) in [4.78, 5) is 22.7. The number of nitro groups is 1. The summed E-state index contributed by atoms with van der Waals surface area (Å²) in [6.45, 7) is 0. The minimum Gasteiger partial charge on any atom is -0.495 e. The molecule has 8 heteroatoms. The zero-order valence-corrected chi connectivity index (χ0v) is 14.3. The molecule has 0 aliphatic carbocycles. The van der Waals surface area contributed by atoms with Crippen LogP contribution in [0.2, 0.25) is 5.02 Å². The zero-order chi connectivity index (χ0) is 18.7. The van der Waals surface area contributed by atoms with Crippen LogP contribution in [0.1, 0.15) is 10.6 Å². The maximum Gasteiger partial charge on any atom is 0.291 e. The van der Waals surface area contributed by atoms with Gasteiger partial charge in [-0.05, 0) is 30.3 Å².